The van der Waals surface area contributed by atoms with Crippen molar-refractivity contribution in [1.82, 2.24) is 15.2 Å². The second-order valence-corrected chi connectivity index (χ2v) is 10.0. The fourth-order valence-electron chi connectivity index (χ4n) is 5.11. The highest BCUT2D eigenvalue weighted by molar-refractivity contribution is 5.87. The molecule has 0 aliphatic carbocycles. The van der Waals surface area contributed by atoms with E-state index in [1.165, 1.54) is 28.8 Å². The standard InChI is InChI=1S/C28H36N4O4/c1-17-3-4-18(2)19(13-17)14-20(28(29)36)16-32-11-9-21(10-12-32)30-15-25(34)22-5-7-24(33)27-23(22)6-8-26(35)31-27/h3-8,13,20-21,25,30,33-34H,9-12,14-16H2,1-2H3,(H2,29,36)(H,31,35)/t20?,25-/m0/s1. The molecule has 2 aromatic carbocycles. The van der Waals surface area contributed by atoms with Crippen molar-refractivity contribution in [2.45, 2.75) is 45.3 Å². The molecule has 1 aliphatic rings. The van der Waals surface area contributed by atoms with Crippen LogP contribution in [0, 0.1) is 19.8 Å². The van der Waals surface area contributed by atoms with Gasteiger partial charge in [0.2, 0.25) is 11.5 Å². The fraction of sp³-hybridized carbons (Fsp3) is 0.429. The van der Waals surface area contributed by atoms with Crippen LogP contribution in [-0.4, -0.2) is 58.2 Å². The Kier molecular flexibility index (Phi) is 8.08. The molecule has 3 aromatic rings. The Balaban J connectivity index is 1.30. The van der Waals surface area contributed by atoms with Crippen molar-refractivity contribution in [2.75, 3.05) is 26.2 Å². The van der Waals surface area contributed by atoms with E-state index in [9.17, 15) is 19.8 Å². The van der Waals surface area contributed by atoms with Gasteiger partial charge in [0.05, 0.1) is 17.5 Å². The highest BCUT2D eigenvalue weighted by Gasteiger charge is 2.25. The number of likely N-dealkylation sites (tertiary alicyclic amines) is 1. The molecule has 1 fully saturated rings. The van der Waals surface area contributed by atoms with Crippen molar-refractivity contribution in [3.8, 4) is 5.75 Å². The summed E-state index contributed by atoms with van der Waals surface area (Å²) in [7, 11) is 0. The third-order valence-corrected chi connectivity index (χ3v) is 7.31. The Labute approximate surface area is 211 Å². The minimum atomic E-state index is -0.783. The number of H-pyrrole nitrogens is 1. The molecule has 2 heterocycles. The quantitative estimate of drug-likeness (QED) is 0.311. The van der Waals surface area contributed by atoms with E-state index >= 15 is 0 Å². The molecule has 0 saturated carbocycles. The number of nitrogens with zero attached hydrogens (tertiary/aromatic N) is 1. The maximum atomic E-state index is 12.2. The minimum Gasteiger partial charge on any atom is -0.506 e. The van der Waals surface area contributed by atoms with Crippen molar-refractivity contribution in [3.63, 3.8) is 0 Å². The molecule has 8 nitrogen and oxygen atoms in total. The SMILES string of the molecule is Cc1ccc(C)c(CC(CN2CCC(NC[C@H](O)c3ccc(O)c4[nH]c(=O)ccc34)CC2)C(N)=O)c1. The number of hydrogen-bond donors (Lipinski definition) is 5. The summed E-state index contributed by atoms with van der Waals surface area (Å²) >= 11 is 0. The summed E-state index contributed by atoms with van der Waals surface area (Å²) in [6.07, 6.45) is 1.68. The number of aryl methyl sites for hydroxylation is 2. The molecule has 4 rings (SSSR count). The van der Waals surface area contributed by atoms with Gasteiger partial charge in [-0.15, -0.1) is 0 Å². The number of pyridine rings is 1. The molecule has 1 saturated heterocycles. The maximum Gasteiger partial charge on any atom is 0.248 e. The van der Waals surface area contributed by atoms with E-state index in [4.69, 9.17) is 5.73 Å². The van der Waals surface area contributed by atoms with E-state index in [2.05, 4.69) is 47.2 Å². The number of phenolic OH excluding ortho intramolecular Hbond substituents is 1. The molecule has 1 aliphatic heterocycles. The van der Waals surface area contributed by atoms with Gasteiger partial charge >= 0.3 is 0 Å². The minimum absolute atomic E-state index is 0.0224. The van der Waals surface area contributed by atoms with Gasteiger partial charge in [0.15, 0.2) is 0 Å². The van der Waals surface area contributed by atoms with Crippen LogP contribution in [0.4, 0.5) is 0 Å². The van der Waals surface area contributed by atoms with Crippen LogP contribution in [0.2, 0.25) is 0 Å². The zero-order valence-electron chi connectivity index (χ0n) is 21.0. The van der Waals surface area contributed by atoms with Crippen LogP contribution >= 0.6 is 0 Å². The molecular formula is C28H36N4O4. The molecule has 2 atom stereocenters. The Bertz CT molecular complexity index is 1280. The van der Waals surface area contributed by atoms with Gasteiger partial charge in [-0.05, 0) is 75.0 Å². The summed E-state index contributed by atoms with van der Waals surface area (Å²) in [5.41, 5.74) is 9.99. The Morgan fingerprint density at radius 1 is 1.17 bits per heavy atom. The number of amides is 1. The monoisotopic (exact) mass is 492 g/mol. The summed E-state index contributed by atoms with van der Waals surface area (Å²) in [6.45, 7) is 6.85. The van der Waals surface area contributed by atoms with E-state index in [1.54, 1.807) is 12.1 Å². The van der Waals surface area contributed by atoms with Crippen LogP contribution in [0.5, 0.6) is 5.75 Å². The average Bonchev–Trinajstić information content (AvgIpc) is 2.85. The van der Waals surface area contributed by atoms with Gasteiger partial charge in [0, 0.05) is 30.6 Å². The Morgan fingerprint density at radius 2 is 1.92 bits per heavy atom. The molecule has 0 bridgehead atoms. The van der Waals surface area contributed by atoms with E-state index in [0.29, 0.717) is 36.0 Å². The number of nitrogens with one attached hydrogen (secondary N) is 2. The number of benzene rings is 2. The number of aromatic nitrogens is 1. The number of primary amides is 1. The van der Waals surface area contributed by atoms with Gasteiger partial charge in [-0.2, -0.15) is 0 Å². The van der Waals surface area contributed by atoms with Crippen molar-refractivity contribution in [3.05, 3.63) is 75.1 Å². The Morgan fingerprint density at radius 3 is 2.64 bits per heavy atom. The summed E-state index contributed by atoms with van der Waals surface area (Å²) in [6, 6.07) is 12.8. The number of aromatic amines is 1. The zero-order valence-corrected chi connectivity index (χ0v) is 21.0. The largest absolute Gasteiger partial charge is 0.506 e. The number of rotatable bonds is 9. The third kappa shape index (κ3) is 6.13. The van der Waals surface area contributed by atoms with Crippen LogP contribution in [0.3, 0.4) is 0 Å². The highest BCUT2D eigenvalue weighted by Crippen LogP contribution is 2.28. The number of nitrogens with two attached hydrogens (primary N) is 1. The van der Waals surface area contributed by atoms with Crippen LogP contribution in [0.1, 0.15) is 41.2 Å². The second-order valence-electron chi connectivity index (χ2n) is 10.0. The predicted octanol–water partition coefficient (Wildman–Crippen LogP) is 2.28. The fourth-order valence-corrected chi connectivity index (χ4v) is 5.11. The molecule has 0 spiro atoms. The lowest BCUT2D eigenvalue weighted by Gasteiger charge is -2.34. The van der Waals surface area contributed by atoms with Gasteiger partial charge < -0.3 is 31.1 Å². The normalized spacial score (nSPS) is 16.8. The molecule has 36 heavy (non-hydrogen) atoms. The van der Waals surface area contributed by atoms with Crippen molar-refractivity contribution in [1.29, 1.82) is 0 Å². The topological polar surface area (TPSA) is 132 Å². The second kappa shape index (κ2) is 11.2. The molecule has 1 aromatic heterocycles. The number of hydrogen-bond acceptors (Lipinski definition) is 6. The van der Waals surface area contributed by atoms with Gasteiger partial charge in [0.1, 0.15) is 5.75 Å². The van der Waals surface area contributed by atoms with Gasteiger partial charge in [-0.1, -0.05) is 29.8 Å². The lowest BCUT2D eigenvalue weighted by Crippen LogP contribution is -2.46. The number of carbonyl (C=O) groups is 1. The number of piperidine rings is 1. The van der Waals surface area contributed by atoms with Crippen molar-refractivity contribution < 1.29 is 15.0 Å². The number of carbonyl (C=O) groups excluding carboxylic acids is 1. The van der Waals surface area contributed by atoms with Crippen LogP contribution < -0.4 is 16.6 Å². The van der Waals surface area contributed by atoms with Crippen molar-refractivity contribution >= 4 is 16.8 Å². The van der Waals surface area contributed by atoms with Gasteiger partial charge in [0.25, 0.3) is 0 Å². The smallest absolute Gasteiger partial charge is 0.248 e. The average molecular weight is 493 g/mol. The van der Waals surface area contributed by atoms with E-state index in [0.717, 1.165) is 25.9 Å². The molecular weight excluding hydrogens is 456 g/mol. The first-order valence-electron chi connectivity index (χ1n) is 12.6. The molecule has 1 unspecified atom stereocenters. The van der Waals surface area contributed by atoms with Crippen LogP contribution in [0.15, 0.2) is 47.3 Å². The molecule has 6 N–H and O–H groups in total. The number of phenols is 1. The lowest BCUT2D eigenvalue weighted by atomic mass is 9.93. The van der Waals surface area contributed by atoms with E-state index < -0.39 is 6.10 Å². The lowest BCUT2D eigenvalue weighted by molar-refractivity contribution is -0.122. The highest BCUT2D eigenvalue weighted by atomic mass is 16.3. The van der Waals surface area contributed by atoms with Gasteiger partial charge in [-0.25, -0.2) is 0 Å². The predicted molar refractivity (Wildman–Crippen MR) is 141 cm³/mol. The summed E-state index contributed by atoms with van der Waals surface area (Å²) in [5.74, 6) is -0.515. The number of aliphatic hydroxyl groups excluding tert-OH is 1. The molecule has 8 heteroatoms. The molecule has 1 amide bonds. The van der Waals surface area contributed by atoms with E-state index in [1.807, 2.05) is 0 Å². The van der Waals surface area contributed by atoms with Crippen molar-refractivity contribution in [2.24, 2.45) is 11.7 Å². The number of aliphatic hydroxyl groups is 1. The first-order chi connectivity index (χ1) is 17.2. The van der Waals surface area contributed by atoms with Crippen LogP contribution in [-0.2, 0) is 11.2 Å². The van der Waals surface area contributed by atoms with Crippen LogP contribution in [0.25, 0.3) is 10.9 Å². The number of aromatic hydroxyl groups is 1. The third-order valence-electron chi connectivity index (χ3n) is 7.31. The Hall–Kier alpha value is -3.20. The summed E-state index contributed by atoms with van der Waals surface area (Å²) in [4.78, 5) is 28.8. The number of fused-ring (bicyclic) bond motifs is 1. The summed E-state index contributed by atoms with van der Waals surface area (Å²) < 4.78 is 0. The van der Waals surface area contributed by atoms with E-state index in [-0.39, 0.29) is 29.2 Å². The molecule has 192 valence electrons. The first kappa shape index (κ1) is 25.9. The maximum absolute atomic E-state index is 12.2. The molecule has 0 radical (unpaired) electrons. The van der Waals surface area contributed by atoms with Gasteiger partial charge in [-0.3, -0.25) is 9.59 Å². The first-order valence-corrected chi connectivity index (χ1v) is 12.6. The summed E-state index contributed by atoms with van der Waals surface area (Å²) in [5, 5.41) is 25.0. The zero-order chi connectivity index (χ0) is 25.8.